The van der Waals surface area contributed by atoms with Gasteiger partial charge in [0.25, 0.3) is 5.78 Å². The van der Waals surface area contributed by atoms with Crippen molar-refractivity contribution in [1.82, 2.24) is 0 Å². The van der Waals surface area contributed by atoms with Crippen LogP contribution in [0.5, 0.6) is 11.5 Å². The van der Waals surface area contributed by atoms with E-state index in [4.69, 9.17) is 14.7 Å². The van der Waals surface area contributed by atoms with Gasteiger partial charge in [0.15, 0.2) is 11.5 Å². The largest absolute Gasteiger partial charge is 0.493 e. The lowest BCUT2D eigenvalue weighted by Crippen LogP contribution is -2.20. The molecular formula is C17H13NO4. The van der Waals surface area contributed by atoms with E-state index in [0.717, 1.165) is 5.56 Å². The van der Waals surface area contributed by atoms with E-state index in [1.54, 1.807) is 24.3 Å². The highest BCUT2D eigenvalue weighted by Crippen LogP contribution is 2.28. The number of nitrogens with zero attached hydrogens (tertiary/aromatic N) is 1. The molecule has 2 aromatic carbocycles. The summed E-state index contributed by atoms with van der Waals surface area (Å²) in [5, 5.41) is 8.82. The van der Waals surface area contributed by atoms with E-state index in [2.05, 4.69) is 0 Å². The third-order valence-electron chi connectivity index (χ3n) is 2.99. The highest BCUT2D eigenvalue weighted by atomic mass is 16.6. The van der Waals surface area contributed by atoms with Crippen molar-refractivity contribution < 1.29 is 19.1 Å². The fraction of sp³-hybridized carbons (Fsp3) is 0.118. The van der Waals surface area contributed by atoms with Gasteiger partial charge in [0.2, 0.25) is 0 Å². The number of methoxy groups -OCH3 is 1. The van der Waals surface area contributed by atoms with Crippen LogP contribution in [0, 0.1) is 18.3 Å². The van der Waals surface area contributed by atoms with Gasteiger partial charge in [-0.25, -0.2) is 4.79 Å². The maximum absolute atomic E-state index is 12.0. The van der Waals surface area contributed by atoms with Crippen molar-refractivity contribution in [3.8, 4) is 17.6 Å². The number of benzene rings is 2. The minimum atomic E-state index is -1.01. The molecule has 0 aliphatic carbocycles. The summed E-state index contributed by atoms with van der Waals surface area (Å²) < 4.78 is 10.1. The lowest BCUT2D eigenvalue weighted by Gasteiger charge is -2.08. The van der Waals surface area contributed by atoms with Gasteiger partial charge >= 0.3 is 5.97 Å². The van der Waals surface area contributed by atoms with E-state index in [-0.39, 0.29) is 17.1 Å². The number of hydrogen-bond donors (Lipinski definition) is 0. The number of carbonyl (C=O) groups excluding carboxylic acids is 2. The Labute approximate surface area is 127 Å². The van der Waals surface area contributed by atoms with Crippen LogP contribution in [-0.2, 0) is 4.79 Å². The highest BCUT2D eigenvalue weighted by Gasteiger charge is 2.20. The molecule has 0 aliphatic heterocycles. The molecular weight excluding hydrogens is 282 g/mol. The van der Waals surface area contributed by atoms with Crippen molar-refractivity contribution in [2.45, 2.75) is 6.92 Å². The maximum Gasteiger partial charge on any atom is 0.385 e. The molecule has 0 aromatic heterocycles. The topological polar surface area (TPSA) is 76.4 Å². The van der Waals surface area contributed by atoms with E-state index in [0.29, 0.717) is 5.56 Å². The SMILES string of the molecule is COc1cc(C#N)ccc1OC(=O)C(=O)c1ccc(C)cc1. The van der Waals surface area contributed by atoms with Crippen LogP contribution < -0.4 is 9.47 Å². The van der Waals surface area contributed by atoms with Crippen molar-refractivity contribution in [2.24, 2.45) is 0 Å². The molecule has 2 rings (SSSR count). The third-order valence-corrected chi connectivity index (χ3v) is 2.99. The van der Waals surface area contributed by atoms with E-state index in [1.807, 2.05) is 13.0 Å². The second-order valence-corrected chi connectivity index (χ2v) is 4.56. The molecule has 5 nitrogen and oxygen atoms in total. The van der Waals surface area contributed by atoms with Crippen LogP contribution in [0.3, 0.4) is 0 Å². The lowest BCUT2D eigenvalue weighted by atomic mass is 10.1. The van der Waals surface area contributed by atoms with Crippen molar-refractivity contribution in [1.29, 1.82) is 5.26 Å². The van der Waals surface area contributed by atoms with Crippen molar-refractivity contribution in [3.63, 3.8) is 0 Å². The summed E-state index contributed by atoms with van der Waals surface area (Å²) in [5.41, 5.74) is 1.60. The molecule has 110 valence electrons. The predicted molar refractivity (Wildman–Crippen MR) is 78.9 cm³/mol. The Morgan fingerprint density at radius 2 is 1.73 bits per heavy atom. The first-order valence-corrected chi connectivity index (χ1v) is 6.46. The molecule has 5 heteroatoms. The third kappa shape index (κ3) is 3.30. The summed E-state index contributed by atoms with van der Waals surface area (Å²) in [7, 11) is 1.38. The summed E-state index contributed by atoms with van der Waals surface area (Å²) in [6, 6.07) is 12.9. The number of Topliss-reactive ketones (excluding diaryl/α,β-unsaturated/α-hetero) is 1. The zero-order valence-electron chi connectivity index (χ0n) is 12.1. The highest BCUT2D eigenvalue weighted by molar-refractivity contribution is 6.41. The van der Waals surface area contributed by atoms with Crippen LogP contribution in [0.2, 0.25) is 0 Å². The lowest BCUT2D eigenvalue weighted by molar-refractivity contribution is -0.129. The van der Waals surface area contributed by atoms with Gasteiger partial charge in [0.1, 0.15) is 0 Å². The van der Waals surface area contributed by atoms with Gasteiger partial charge in [0, 0.05) is 11.6 Å². The number of ketones is 1. The predicted octanol–water partition coefficient (Wildman–Crippen LogP) is 2.66. The van der Waals surface area contributed by atoms with E-state index < -0.39 is 11.8 Å². The Kier molecular flexibility index (Phi) is 4.54. The standard InChI is InChI=1S/C17H13NO4/c1-11-3-6-13(7-4-11)16(19)17(20)22-14-8-5-12(10-18)9-15(14)21-2/h3-9H,1-2H3. The van der Waals surface area contributed by atoms with E-state index in [1.165, 1.54) is 25.3 Å². The van der Waals surface area contributed by atoms with Gasteiger partial charge in [-0.2, -0.15) is 5.26 Å². The smallest absolute Gasteiger partial charge is 0.385 e. The minimum Gasteiger partial charge on any atom is -0.493 e. The van der Waals surface area contributed by atoms with Crippen LogP contribution in [-0.4, -0.2) is 18.9 Å². The Balaban J connectivity index is 2.20. The van der Waals surface area contributed by atoms with Crippen LogP contribution in [0.15, 0.2) is 42.5 Å². The number of ether oxygens (including phenoxy) is 2. The van der Waals surface area contributed by atoms with Crippen molar-refractivity contribution in [3.05, 3.63) is 59.2 Å². The van der Waals surface area contributed by atoms with E-state index in [9.17, 15) is 9.59 Å². The number of aryl methyl sites for hydroxylation is 1. The summed E-state index contributed by atoms with van der Waals surface area (Å²) in [6.07, 6.45) is 0. The van der Waals surface area contributed by atoms with Crippen LogP contribution in [0.25, 0.3) is 0 Å². The molecule has 0 heterocycles. The number of nitriles is 1. The molecule has 0 bridgehead atoms. The molecule has 0 radical (unpaired) electrons. The molecule has 0 fully saturated rings. The molecule has 0 atom stereocenters. The number of hydrogen-bond acceptors (Lipinski definition) is 5. The average molecular weight is 295 g/mol. The summed E-state index contributed by atoms with van der Waals surface area (Å²) in [6.45, 7) is 1.88. The fourth-order valence-electron chi connectivity index (χ4n) is 1.79. The Bertz CT molecular complexity index is 757. The first kappa shape index (κ1) is 15.3. The minimum absolute atomic E-state index is 0.0898. The number of esters is 1. The van der Waals surface area contributed by atoms with Crippen LogP contribution in [0.4, 0.5) is 0 Å². The van der Waals surface area contributed by atoms with Gasteiger partial charge < -0.3 is 9.47 Å². The van der Waals surface area contributed by atoms with Gasteiger partial charge in [-0.3, -0.25) is 4.79 Å². The maximum atomic E-state index is 12.0. The molecule has 0 spiro atoms. The Hall–Kier alpha value is -3.13. The van der Waals surface area contributed by atoms with Gasteiger partial charge in [-0.1, -0.05) is 29.8 Å². The molecule has 22 heavy (non-hydrogen) atoms. The second-order valence-electron chi connectivity index (χ2n) is 4.56. The molecule has 0 aliphatic rings. The fourth-order valence-corrected chi connectivity index (χ4v) is 1.79. The zero-order chi connectivity index (χ0) is 16.1. The molecule has 0 amide bonds. The summed E-state index contributed by atoms with van der Waals surface area (Å²) in [5.74, 6) is -1.45. The summed E-state index contributed by atoms with van der Waals surface area (Å²) >= 11 is 0. The molecule has 0 saturated heterocycles. The van der Waals surface area contributed by atoms with Gasteiger partial charge in [-0.15, -0.1) is 0 Å². The monoisotopic (exact) mass is 295 g/mol. The Morgan fingerprint density at radius 3 is 2.32 bits per heavy atom. The van der Waals surface area contributed by atoms with Crippen molar-refractivity contribution >= 4 is 11.8 Å². The van der Waals surface area contributed by atoms with Crippen LogP contribution in [0.1, 0.15) is 21.5 Å². The average Bonchev–Trinajstić information content (AvgIpc) is 2.55. The van der Waals surface area contributed by atoms with Crippen LogP contribution >= 0.6 is 0 Å². The molecule has 0 unspecified atom stereocenters. The Morgan fingerprint density at radius 1 is 1.05 bits per heavy atom. The second kappa shape index (κ2) is 6.55. The first-order valence-electron chi connectivity index (χ1n) is 6.46. The first-order chi connectivity index (χ1) is 10.5. The number of rotatable bonds is 4. The molecule has 2 aromatic rings. The van der Waals surface area contributed by atoms with E-state index >= 15 is 0 Å². The van der Waals surface area contributed by atoms with Gasteiger partial charge in [-0.05, 0) is 19.1 Å². The number of carbonyl (C=O) groups is 2. The zero-order valence-corrected chi connectivity index (χ0v) is 12.1. The normalized spacial score (nSPS) is 9.68. The van der Waals surface area contributed by atoms with Crippen molar-refractivity contribution in [2.75, 3.05) is 7.11 Å². The molecule has 0 saturated carbocycles. The summed E-state index contributed by atoms with van der Waals surface area (Å²) in [4.78, 5) is 23.9. The van der Waals surface area contributed by atoms with Gasteiger partial charge in [0.05, 0.1) is 18.7 Å². The molecule has 0 N–H and O–H groups in total. The quantitative estimate of drug-likeness (QED) is 0.375.